The van der Waals surface area contributed by atoms with Crippen LogP contribution >= 0.6 is 0 Å². The first-order chi connectivity index (χ1) is 13.6. The minimum absolute atomic E-state index is 0.186. The Morgan fingerprint density at radius 1 is 0.893 bits per heavy atom. The van der Waals surface area contributed by atoms with Gasteiger partial charge in [-0.15, -0.1) is 0 Å². The van der Waals surface area contributed by atoms with Crippen LogP contribution in [0.25, 0.3) is 0 Å². The lowest BCUT2D eigenvalue weighted by atomic mass is 9.99. The highest BCUT2D eigenvalue weighted by atomic mass is 16.5. The lowest BCUT2D eigenvalue weighted by molar-refractivity contribution is 0.0600. The van der Waals surface area contributed by atoms with Crippen LogP contribution in [0.5, 0.6) is 0 Å². The lowest BCUT2D eigenvalue weighted by Gasteiger charge is -2.13. The number of esters is 1. The monoisotopic (exact) mass is 373 g/mol. The Balaban J connectivity index is 1.79. The summed E-state index contributed by atoms with van der Waals surface area (Å²) in [4.78, 5) is 24.7. The van der Waals surface area contributed by atoms with Crippen LogP contribution in [-0.4, -0.2) is 19.0 Å². The number of hydrogen-bond acceptors (Lipinski definition) is 3. The number of ether oxygens (including phenoxy) is 1. The van der Waals surface area contributed by atoms with Gasteiger partial charge in [-0.2, -0.15) is 0 Å². The molecule has 1 N–H and O–H groups in total. The molecule has 4 nitrogen and oxygen atoms in total. The van der Waals surface area contributed by atoms with Crippen molar-refractivity contribution in [3.05, 3.63) is 101 Å². The first-order valence-electron chi connectivity index (χ1n) is 9.20. The molecule has 142 valence electrons. The maximum absolute atomic E-state index is 12.9. The van der Waals surface area contributed by atoms with E-state index in [0.29, 0.717) is 16.8 Å². The van der Waals surface area contributed by atoms with Gasteiger partial charge in [-0.1, -0.05) is 54.6 Å². The summed E-state index contributed by atoms with van der Waals surface area (Å²) in [5, 5.41) is 2.94. The average molecular weight is 373 g/mol. The fraction of sp³-hybridized carbons (Fsp3) is 0.167. The summed E-state index contributed by atoms with van der Waals surface area (Å²) in [5.41, 5.74) is 4.75. The van der Waals surface area contributed by atoms with E-state index in [4.69, 9.17) is 4.74 Å². The molecule has 0 aliphatic rings. The zero-order chi connectivity index (χ0) is 19.9. The number of amides is 1. The van der Waals surface area contributed by atoms with Crippen LogP contribution in [0.15, 0.2) is 72.8 Å². The highest BCUT2D eigenvalue weighted by Gasteiger charge is 2.14. The van der Waals surface area contributed by atoms with E-state index in [0.717, 1.165) is 24.0 Å². The Bertz CT molecular complexity index is 980. The van der Waals surface area contributed by atoms with Gasteiger partial charge in [-0.3, -0.25) is 4.79 Å². The number of methoxy groups -OCH3 is 1. The van der Waals surface area contributed by atoms with E-state index >= 15 is 0 Å². The fourth-order valence-corrected chi connectivity index (χ4v) is 3.07. The van der Waals surface area contributed by atoms with E-state index in [-0.39, 0.29) is 5.91 Å². The second kappa shape index (κ2) is 9.00. The molecule has 0 atom stereocenters. The van der Waals surface area contributed by atoms with Crippen molar-refractivity contribution in [3.63, 3.8) is 0 Å². The zero-order valence-electron chi connectivity index (χ0n) is 16.1. The van der Waals surface area contributed by atoms with Gasteiger partial charge in [0, 0.05) is 11.3 Å². The molecule has 1 amide bonds. The van der Waals surface area contributed by atoms with Crippen molar-refractivity contribution >= 4 is 17.6 Å². The predicted molar refractivity (Wildman–Crippen MR) is 111 cm³/mol. The highest BCUT2D eigenvalue weighted by Crippen LogP contribution is 2.20. The normalized spacial score (nSPS) is 10.4. The molecular weight excluding hydrogens is 350 g/mol. The van der Waals surface area contributed by atoms with Crippen LogP contribution in [0.4, 0.5) is 5.69 Å². The van der Waals surface area contributed by atoms with Crippen LogP contribution in [-0.2, 0) is 17.6 Å². The number of carbonyl (C=O) groups is 2. The molecule has 0 saturated carbocycles. The Morgan fingerprint density at radius 3 is 2.36 bits per heavy atom. The first kappa shape index (κ1) is 19.4. The third kappa shape index (κ3) is 4.65. The molecule has 0 aliphatic carbocycles. The summed E-state index contributed by atoms with van der Waals surface area (Å²) < 4.78 is 4.76. The molecule has 0 bridgehead atoms. The lowest BCUT2D eigenvalue weighted by Crippen LogP contribution is -2.16. The molecule has 0 saturated heterocycles. The van der Waals surface area contributed by atoms with Gasteiger partial charge in [0.1, 0.15) is 0 Å². The van der Waals surface area contributed by atoms with Crippen molar-refractivity contribution in [3.8, 4) is 0 Å². The quantitative estimate of drug-likeness (QED) is 0.630. The van der Waals surface area contributed by atoms with Crippen LogP contribution in [0.3, 0.4) is 0 Å². The Labute approximate surface area is 165 Å². The Hall–Kier alpha value is -3.40. The van der Waals surface area contributed by atoms with Crippen molar-refractivity contribution in [1.82, 2.24) is 0 Å². The maximum atomic E-state index is 12.9. The van der Waals surface area contributed by atoms with Crippen molar-refractivity contribution < 1.29 is 14.3 Å². The van der Waals surface area contributed by atoms with Gasteiger partial charge in [0.05, 0.1) is 12.7 Å². The van der Waals surface area contributed by atoms with Gasteiger partial charge >= 0.3 is 5.97 Å². The number of nitrogens with one attached hydrogen (secondary N) is 1. The fourth-order valence-electron chi connectivity index (χ4n) is 3.07. The molecule has 4 heteroatoms. The van der Waals surface area contributed by atoms with Crippen LogP contribution < -0.4 is 5.32 Å². The van der Waals surface area contributed by atoms with Gasteiger partial charge in [0.15, 0.2) is 0 Å². The van der Waals surface area contributed by atoms with Crippen molar-refractivity contribution in [2.24, 2.45) is 0 Å². The van der Waals surface area contributed by atoms with E-state index in [1.807, 2.05) is 49.4 Å². The molecule has 0 aliphatic heterocycles. The summed E-state index contributed by atoms with van der Waals surface area (Å²) in [6.07, 6.45) is 1.64. The van der Waals surface area contributed by atoms with E-state index in [1.165, 1.54) is 12.7 Å². The second-order valence-corrected chi connectivity index (χ2v) is 6.62. The maximum Gasteiger partial charge on any atom is 0.337 e. The second-order valence-electron chi connectivity index (χ2n) is 6.62. The molecule has 3 rings (SSSR count). The molecule has 0 radical (unpaired) electrons. The summed E-state index contributed by atoms with van der Waals surface area (Å²) in [6, 6.07) is 22.9. The summed E-state index contributed by atoms with van der Waals surface area (Å²) in [5.74, 6) is -0.618. The summed E-state index contributed by atoms with van der Waals surface area (Å²) >= 11 is 0. The van der Waals surface area contributed by atoms with Gasteiger partial charge in [0.2, 0.25) is 0 Å². The summed E-state index contributed by atoms with van der Waals surface area (Å²) in [6.45, 7) is 1.89. The van der Waals surface area contributed by atoms with Crippen molar-refractivity contribution in [2.75, 3.05) is 12.4 Å². The van der Waals surface area contributed by atoms with Gasteiger partial charge in [-0.25, -0.2) is 4.79 Å². The molecule has 0 spiro atoms. The third-order valence-electron chi connectivity index (χ3n) is 4.69. The molecule has 0 heterocycles. The Kier molecular flexibility index (Phi) is 6.22. The largest absolute Gasteiger partial charge is 0.465 e. The number of anilines is 1. The topological polar surface area (TPSA) is 55.4 Å². The first-order valence-corrected chi connectivity index (χ1v) is 9.20. The van der Waals surface area contributed by atoms with Crippen LogP contribution in [0, 0.1) is 6.92 Å². The standard InChI is InChI=1S/C24H23NO3/c1-17-12-14-20(24(27)28-2)16-22(17)25-23(26)21-11-7-6-10-19(21)15-13-18-8-4-3-5-9-18/h3-12,14,16H,13,15H2,1-2H3,(H,25,26). The van der Waals surface area contributed by atoms with Crippen molar-refractivity contribution in [1.29, 1.82) is 0 Å². The zero-order valence-corrected chi connectivity index (χ0v) is 16.1. The molecular formula is C24H23NO3. The van der Waals surface area contributed by atoms with E-state index in [2.05, 4.69) is 17.4 Å². The minimum Gasteiger partial charge on any atom is -0.465 e. The molecule has 0 aromatic heterocycles. The predicted octanol–water partition coefficient (Wildman–Crippen LogP) is 4.82. The minimum atomic E-state index is -0.432. The van der Waals surface area contributed by atoms with Gasteiger partial charge in [0.25, 0.3) is 5.91 Å². The number of benzene rings is 3. The van der Waals surface area contributed by atoms with E-state index in [9.17, 15) is 9.59 Å². The molecule has 0 unspecified atom stereocenters. The highest BCUT2D eigenvalue weighted by molar-refractivity contribution is 6.06. The van der Waals surface area contributed by atoms with Gasteiger partial charge < -0.3 is 10.1 Å². The number of hydrogen-bond donors (Lipinski definition) is 1. The van der Waals surface area contributed by atoms with Crippen LogP contribution in [0.2, 0.25) is 0 Å². The smallest absolute Gasteiger partial charge is 0.337 e. The Morgan fingerprint density at radius 2 is 1.61 bits per heavy atom. The molecule has 28 heavy (non-hydrogen) atoms. The van der Waals surface area contributed by atoms with Gasteiger partial charge in [-0.05, 0) is 54.7 Å². The number of rotatable bonds is 6. The van der Waals surface area contributed by atoms with Crippen molar-refractivity contribution in [2.45, 2.75) is 19.8 Å². The number of carbonyl (C=O) groups excluding carboxylic acids is 2. The molecule has 3 aromatic carbocycles. The summed E-state index contributed by atoms with van der Waals surface area (Å²) in [7, 11) is 1.34. The third-order valence-corrected chi connectivity index (χ3v) is 4.69. The van der Waals surface area contributed by atoms with E-state index < -0.39 is 5.97 Å². The van der Waals surface area contributed by atoms with Crippen LogP contribution in [0.1, 0.15) is 37.4 Å². The molecule has 3 aromatic rings. The average Bonchev–Trinajstić information content (AvgIpc) is 2.74. The number of aryl methyl sites for hydroxylation is 3. The molecule has 0 fully saturated rings. The SMILES string of the molecule is COC(=O)c1ccc(C)c(NC(=O)c2ccccc2CCc2ccccc2)c1. The van der Waals surface area contributed by atoms with E-state index in [1.54, 1.807) is 18.2 Å².